The van der Waals surface area contributed by atoms with Crippen molar-refractivity contribution >= 4 is 24.0 Å². The minimum atomic E-state index is -1.40. The molecule has 0 spiro atoms. The molecular formula is C16H18Si. The van der Waals surface area contributed by atoms with E-state index in [9.17, 15) is 0 Å². The van der Waals surface area contributed by atoms with Crippen molar-refractivity contribution in [3.63, 3.8) is 0 Å². The summed E-state index contributed by atoms with van der Waals surface area (Å²) in [6, 6.07) is 15.0. The lowest BCUT2D eigenvalue weighted by atomic mass is 10.0. The van der Waals surface area contributed by atoms with Gasteiger partial charge in [0, 0.05) is 0 Å². The van der Waals surface area contributed by atoms with Gasteiger partial charge in [-0.2, -0.15) is 0 Å². The van der Waals surface area contributed by atoms with Gasteiger partial charge in [0.15, 0.2) is 0 Å². The van der Waals surface area contributed by atoms with Crippen LogP contribution in [0.3, 0.4) is 0 Å². The lowest BCUT2D eigenvalue weighted by molar-refractivity contribution is 1.67. The van der Waals surface area contributed by atoms with Crippen molar-refractivity contribution in [2.45, 2.75) is 19.6 Å². The van der Waals surface area contributed by atoms with E-state index in [1.807, 2.05) is 0 Å². The summed E-state index contributed by atoms with van der Waals surface area (Å²) in [6.07, 6.45) is 0. The predicted octanol–water partition coefficient (Wildman–Crippen LogP) is 4.89. The maximum atomic E-state index is 3.88. The van der Waals surface area contributed by atoms with Crippen molar-refractivity contribution in [1.29, 1.82) is 0 Å². The van der Waals surface area contributed by atoms with Gasteiger partial charge in [-0.05, 0) is 21.5 Å². The molecule has 0 N–H and O–H groups in total. The standard InChI is InChI=1S/C16H18Si/c1-5-16(17(2,3)4)15-12-8-10-13-9-6-7-11-14(13)15/h6-12H,1H2,2-4H3. The Kier molecular flexibility index (Phi) is 3.06. The molecule has 86 valence electrons. The summed E-state index contributed by atoms with van der Waals surface area (Å²) in [7, 11) is -1.40. The highest BCUT2D eigenvalue weighted by Crippen LogP contribution is 2.30. The molecule has 0 radical (unpaired) electrons. The molecule has 2 aromatic carbocycles. The monoisotopic (exact) mass is 238 g/mol. The average molecular weight is 238 g/mol. The molecule has 0 fully saturated rings. The van der Waals surface area contributed by atoms with Gasteiger partial charge in [0.25, 0.3) is 0 Å². The molecule has 0 amide bonds. The third kappa shape index (κ3) is 2.26. The van der Waals surface area contributed by atoms with Crippen LogP contribution in [0.15, 0.2) is 54.8 Å². The SMILES string of the molecule is C=C=C(c1cccc2ccccc12)[Si](C)(C)C. The largest absolute Gasteiger partial charge is 0.129 e. The van der Waals surface area contributed by atoms with Crippen LogP contribution in [0.2, 0.25) is 19.6 Å². The Morgan fingerprint density at radius 2 is 1.65 bits per heavy atom. The molecule has 0 saturated carbocycles. The molecule has 0 bridgehead atoms. The van der Waals surface area contributed by atoms with E-state index in [0.717, 1.165) is 0 Å². The van der Waals surface area contributed by atoms with Gasteiger partial charge in [-0.25, -0.2) is 0 Å². The number of fused-ring (bicyclic) bond motifs is 1. The summed E-state index contributed by atoms with van der Waals surface area (Å²) < 4.78 is 0. The Labute approximate surface area is 104 Å². The van der Waals surface area contributed by atoms with Crippen molar-refractivity contribution in [1.82, 2.24) is 0 Å². The van der Waals surface area contributed by atoms with Crippen LogP contribution in [0, 0.1) is 0 Å². The number of rotatable bonds is 2. The lowest BCUT2D eigenvalue weighted by Crippen LogP contribution is -2.22. The third-order valence-electron chi connectivity index (χ3n) is 2.99. The van der Waals surface area contributed by atoms with Gasteiger partial charge in [0.1, 0.15) is 0 Å². The number of benzene rings is 2. The normalized spacial score (nSPS) is 11.2. The molecule has 0 aliphatic heterocycles. The summed E-state index contributed by atoms with van der Waals surface area (Å²) in [6.45, 7) is 10.9. The van der Waals surface area contributed by atoms with Gasteiger partial charge in [-0.15, -0.1) is 5.73 Å². The van der Waals surface area contributed by atoms with Gasteiger partial charge < -0.3 is 0 Å². The van der Waals surface area contributed by atoms with E-state index in [1.165, 1.54) is 21.5 Å². The smallest absolute Gasteiger partial charge is 0.0883 e. The Hall–Kier alpha value is -1.56. The first-order valence-electron chi connectivity index (χ1n) is 5.92. The van der Waals surface area contributed by atoms with Crippen LogP contribution in [0.1, 0.15) is 5.56 Å². The van der Waals surface area contributed by atoms with E-state index < -0.39 is 8.07 Å². The van der Waals surface area contributed by atoms with Crippen LogP contribution < -0.4 is 0 Å². The summed E-state index contributed by atoms with van der Waals surface area (Å²) in [5.41, 5.74) is 4.48. The van der Waals surface area contributed by atoms with E-state index in [1.54, 1.807) is 0 Å². The zero-order valence-electron chi connectivity index (χ0n) is 10.7. The van der Waals surface area contributed by atoms with Crippen LogP contribution >= 0.6 is 0 Å². The first-order valence-corrected chi connectivity index (χ1v) is 9.42. The summed E-state index contributed by atoms with van der Waals surface area (Å²) in [5, 5.41) is 3.91. The van der Waals surface area contributed by atoms with E-state index in [2.05, 4.69) is 74.4 Å². The molecule has 1 heteroatoms. The molecule has 0 aromatic heterocycles. The topological polar surface area (TPSA) is 0 Å². The van der Waals surface area contributed by atoms with Crippen molar-refractivity contribution < 1.29 is 0 Å². The van der Waals surface area contributed by atoms with Crippen molar-refractivity contribution in [2.75, 3.05) is 0 Å². The van der Waals surface area contributed by atoms with Crippen molar-refractivity contribution in [2.24, 2.45) is 0 Å². The fourth-order valence-electron chi connectivity index (χ4n) is 2.21. The van der Waals surface area contributed by atoms with Crippen molar-refractivity contribution in [3.8, 4) is 0 Å². The average Bonchev–Trinajstić information content (AvgIpc) is 2.28. The first-order chi connectivity index (χ1) is 8.04. The molecule has 17 heavy (non-hydrogen) atoms. The van der Waals surface area contributed by atoms with Crippen LogP contribution in [-0.2, 0) is 0 Å². The Balaban J connectivity index is 2.76. The molecule has 0 saturated heterocycles. The molecule has 2 rings (SSSR count). The lowest BCUT2D eigenvalue weighted by Gasteiger charge is -2.20. The van der Waals surface area contributed by atoms with Crippen LogP contribution in [0.25, 0.3) is 16.0 Å². The second kappa shape index (κ2) is 4.36. The molecule has 2 aromatic rings. The van der Waals surface area contributed by atoms with E-state index in [4.69, 9.17) is 0 Å². The fraction of sp³-hybridized carbons (Fsp3) is 0.188. The van der Waals surface area contributed by atoms with Crippen molar-refractivity contribution in [3.05, 3.63) is 60.3 Å². The fourth-order valence-corrected chi connectivity index (χ4v) is 3.76. The van der Waals surface area contributed by atoms with E-state index >= 15 is 0 Å². The third-order valence-corrected chi connectivity index (χ3v) is 4.93. The Bertz CT molecular complexity index is 591. The Morgan fingerprint density at radius 3 is 2.29 bits per heavy atom. The summed E-state index contributed by atoms with van der Waals surface area (Å²) in [4.78, 5) is 0. The summed E-state index contributed by atoms with van der Waals surface area (Å²) >= 11 is 0. The molecular weight excluding hydrogens is 220 g/mol. The van der Waals surface area contributed by atoms with Crippen LogP contribution in [0.5, 0.6) is 0 Å². The second-order valence-electron chi connectivity index (χ2n) is 5.33. The predicted molar refractivity (Wildman–Crippen MR) is 79.8 cm³/mol. The molecule has 0 unspecified atom stereocenters. The second-order valence-corrected chi connectivity index (χ2v) is 10.3. The van der Waals surface area contributed by atoms with Crippen LogP contribution in [-0.4, -0.2) is 8.07 Å². The van der Waals surface area contributed by atoms with Crippen LogP contribution in [0.4, 0.5) is 0 Å². The van der Waals surface area contributed by atoms with Gasteiger partial charge >= 0.3 is 0 Å². The summed E-state index contributed by atoms with van der Waals surface area (Å²) in [5.74, 6) is 0. The number of hydrogen-bond acceptors (Lipinski definition) is 0. The molecule has 0 heterocycles. The highest BCUT2D eigenvalue weighted by Gasteiger charge is 2.21. The van der Waals surface area contributed by atoms with Gasteiger partial charge in [0.05, 0.1) is 8.07 Å². The first kappa shape index (κ1) is 11.9. The molecule has 0 aliphatic carbocycles. The maximum absolute atomic E-state index is 3.88. The minimum Gasteiger partial charge on any atom is -0.129 e. The van der Waals surface area contributed by atoms with E-state index in [-0.39, 0.29) is 0 Å². The van der Waals surface area contributed by atoms with E-state index in [0.29, 0.717) is 0 Å². The zero-order chi connectivity index (χ0) is 12.5. The quantitative estimate of drug-likeness (QED) is 0.516. The highest BCUT2D eigenvalue weighted by molar-refractivity contribution is 6.93. The molecule has 0 atom stereocenters. The maximum Gasteiger partial charge on any atom is 0.0883 e. The Morgan fingerprint density at radius 1 is 1.00 bits per heavy atom. The van der Waals surface area contributed by atoms with Gasteiger partial charge in [-0.3, -0.25) is 0 Å². The zero-order valence-corrected chi connectivity index (χ0v) is 11.7. The molecule has 0 aliphatic rings. The van der Waals surface area contributed by atoms with Gasteiger partial charge in [0.2, 0.25) is 0 Å². The van der Waals surface area contributed by atoms with Gasteiger partial charge in [-0.1, -0.05) is 68.7 Å². The minimum absolute atomic E-state index is 1.29. The highest BCUT2D eigenvalue weighted by atomic mass is 28.3. The number of hydrogen-bond donors (Lipinski definition) is 0. The molecule has 0 nitrogen and oxygen atoms in total.